The molecule has 0 radical (unpaired) electrons. The molecular weight excluding hydrogens is 144 g/mol. The van der Waals surface area contributed by atoms with Crippen molar-refractivity contribution in [3.63, 3.8) is 0 Å². The minimum absolute atomic E-state index is 0.534. The maximum absolute atomic E-state index is 9.72. The van der Waals surface area contributed by atoms with Crippen molar-refractivity contribution in [2.75, 3.05) is 5.88 Å². The molecule has 0 N–H and O–H groups in total. The number of hydrogen-bond donors (Lipinski definition) is 0. The van der Waals surface area contributed by atoms with E-state index in [0.29, 0.717) is 17.1 Å². The van der Waals surface area contributed by atoms with Crippen molar-refractivity contribution < 1.29 is 4.21 Å². The average molecular weight is 153 g/mol. The van der Waals surface area contributed by atoms with E-state index in [1.807, 2.05) is 0 Å². The zero-order valence-electron chi connectivity index (χ0n) is 4.60. The third-order valence-electron chi connectivity index (χ3n) is 0.774. The van der Waals surface area contributed by atoms with Crippen molar-refractivity contribution in [3.8, 4) is 0 Å². The molecule has 0 aliphatic carbocycles. The number of alkyl halides is 1. The summed E-state index contributed by atoms with van der Waals surface area (Å²) in [5, 5.41) is 1.66. The molecule has 0 aromatic carbocycles. The SMILES string of the molecule is O=S=CCCCCCl. The summed E-state index contributed by atoms with van der Waals surface area (Å²) in [4.78, 5) is 0. The first-order chi connectivity index (χ1) is 3.91. The first kappa shape index (κ1) is 8.18. The molecule has 0 unspecified atom stereocenters. The molecule has 0 saturated heterocycles. The van der Waals surface area contributed by atoms with E-state index in [1.165, 1.54) is 0 Å². The van der Waals surface area contributed by atoms with Gasteiger partial charge in [-0.15, -0.1) is 11.6 Å². The van der Waals surface area contributed by atoms with Crippen LogP contribution in [0.2, 0.25) is 0 Å². The van der Waals surface area contributed by atoms with Gasteiger partial charge in [-0.2, -0.15) is 0 Å². The highest BCUT2D eigenvalue weighted by Crippen LogP contribution is 1.93. The molecule has 3 heteroatoms. The molecule has 0 spiro atoms. The summed E-state index contributed by atoms with van der Waals surface area (Å²) in [6.07, 6.45) is 2.94. The van der Waals surface area contributed by atoms with Gasteiger partial charge in [0, 0.05) is 11.2 Å². The van der Waals surface area contributed by atoms with E-state index in [9.17, 15) is 4.21 Å². The van der Waals surface area contributed by atoms with Crippen LogP contribution in [-0.2, 0) is 11.3 Å². The molecule has 0 heterocycles. The van der Waals surface area contributed by atoms with Crippen LogP contribution < -0.4 is 0 Å². The highest BCUT2D eigenvalue weighted by atomic mass is 35.5. The normalized spacial score (nSPS) is 8.62. The van der Waals surface area contributed by atoms with Crippen LogP contribution in [0.5, 0.6) is 0 Å². The standard InChI is InChI=1S/C5H9ClOS/c6-4-2-1-3-5-8-7/h5H,1-4H2. The van der Waals surface area contributed by atoms with E-state index >= 15 is 0 Å². The molecule has 0 rings (SSSR count). The minimum Gasteiger partial charge on any atom is -0.213 e. The van der Waals surface area contributed by atoms with Gasteiger partial charge in [0.2, 0.25) is 0 Å². The van der Waals surface area contributed by atoms with E-state index in [4.69, 9.17) is 11.6 Å². The first-order valence-electron chi connectivity index (χ1n) is 2.58. The van der Waals surface area contributed by atoms with Crippen molar-refractivity contribution in [2.45, 2.75) is 19.3 Å². The molecule has 0 aromatic rings. The Morgan fingerprint density at radius 1 is 1.50 bits per heavy atom. The van der Waals surface area contributed by atoms with E-state index < -0.39 is 0 Å². The molecule has 0 aromatic heterocycles. The Balaban J connectivity index is 2.82. The third-order valence-corrected chi connectivity index (χ3v) is 1.41. The van der Waals surface area contributed by atoms with E-state index in [0.717, 1.165) is 19.3 Å². The molecular formula is C5H9ClOS. The molecule has 1 nitrogen and oxygen atoms in total. The molecule has 0 atom stereocenters. The van der Waals surface area contributed by atoms with E-state index in [-0.39, 0.29) is 0 Å². The quantitative estimate of drug-likeness (QED) is 0.338. The molecule has 8 heavy (non-hydrogen) atoms. The summed E-state index contributed by atoms with van der Waals surface area (Å²) in [6.45, 7) is 0. The van der Waals surface area contributed by atoms with Gasteiger partial charge in [0.15, 0.2) is 0 Å². The summed E-state index contributed by atoms with van der Waals surface area (Å²) < 4.78 is 9.72. The Hall–Kier alpha value is 0.180. The fraction of sp³-hybridized carbons (Fsp3) is 0.800. The lowest BCUT2D eigenvalue weighted by molar-refractivity contribution is 0.701. The molecule has 0 amide bonds. The Labute approximate surface area is 58.1 Å². The van der Waals surface area contributed by atoms with E-state index in [1.54, 1.807) is 5.37 Å². The van der Waals surface area contributed by atoms with Gasteiger partial charge >= 0.3 is 0 Å². The fourth-order valence-electron chi connectivity index (χ4n) is 0.370. The van der Waals surface area contributed by atoms with Crippen LogP contribution in [0.15, 0.2) is 0 Å². The zero-order chi connectivity index (χ0) is 6.24. The van der Waals surface area contributed by atoms with Crippen LogP contribution in [0.4, 0.5) is 0 Å². The van der Waals surface area contributed by atoms with Crippen LogP contribution in [0.3, 0.4) is 0 Å². The molecule has 0 aliphatic rings. The lowest BCUT2D eigenvalue weighted by Gasteiger charge is -1.85. The van der Waals surface area contributed by atoms with Gasteiger partial charge in [0.05, 0.1) is 11.3 Å². The van der Waals surface area contributed by atoms with Gasteiger partial charge in [-0.05, 0) is 19.3 Å². The Kier molecular flexibility index (Phi) is 7.34. The topological polar surface area (TPSA) is 17.1 Å². The third kappa shape index (κ3) is 6.18. The maximum Gasteiger partial charge on any atom is 0.0841 e. The maximum atomic E-state index is 9.72. The molecule has 0 aliphatic heterocycles. The monoisotopic (exact) mass is 152 g/mol. The van der Waals surface area contributed by atoms with Crippen LogP contribution in [0.25, 0.3) is 0 Å². The van der Waals surface area contributed by atoms with Crippen LogP contribution in [0.1, 0.15) is 19.3 Å². The van der Waals surface area contributed by atoms with Gasteiger partial charge in [0.1, 0.15) is 0 Å². The van der Waals surface area contributed by atoms with Gasteiger partial charge in [-0.3, -0.25) is 0 Å². The highest BCUT2D eigenvalue weighted by Gasteiger charge is 1.80. The minimum atomic E-state index is 0.534. The predicted molar refractivity (Wildman–Crippen MR) is 38.8 cm³/mol. The lowest BCUT2D eigenvalue weighted by Crippen LogP contribution is -1.77. The van der Waals surface area contributed by atoms with Gasteiger partial charge in [-0.25, -0.2) is 4.21 Å². The van der Waals surface area contributed by atoms with Crippen molar-refractivity contribution in [3.05, 3.63) is 0 Å². The lowest BCUT2D eigenvalue weighted by atomic mass is 10.3. The van der Waals surface area contributed by atoms with Crippen molar-refractivity contribution >= 4 is 28.2 Å². The summed E-state index contributed by atoms with van der Waals surface area (Å²) in [6, 6.07) is 0. The Bertz CT molecular complexity index is 88.4. The predicted octanol–water partition coefficient (Wildman–Crippen LogP) is 1.41. The fourth-order valence-corrected chi connectivity index (χ4v) is 0.822. The van der Waals surface area contributed by atoms with Crippen LogP contribution in [-0.4, -0.2) is 15.5 Å². The average Bonchev–Trinajstić information content (AvgIpc) is 1.81. The Morgan fingerprint density at radius 2 is 2.25 bits per heavy atom. The Morgan fingerprint density at radius 3 is 2.75 bits per heavy atom. The number of hydrogen-bond acceptors (Lipinski definition) is 1. The van der Waals surface area contributed by atoms with Gasteiger partial charge in [0.25, 0.3) is 0 Å². The smallest absolute Gasteiger partial charge is 0.0841 e. The first-order valence-corrected chi connectivity index (χ1v) is 3.92. The number of halogens is 1. The highest BCUT2D eigenvalue weighted by molar-refractivity contribution is 7.64. The molecule has 0 bridgehead atoms. The summed E-state index contributed by atoms with van der Waals surface area (Å²) >= 11 is 5.92. The summed E-state index contributed by atoms with van der Waals surface area (Å²) in [5.41, 5.74) is 0. The second kappa shape index (κ2) is 7.18. The second-order valence-corrected chi connectivity index (χ2v) is 2.35. The van der Waals surface area contributed by atoms with Crippen molar-refractivity contribution in [1.29, 1.82) is 0 Å². The van der Waals surface area contributed by atoms with Crippen LogP contribution >= 0.6 is 11.6 Å². The van der Waals surface area contributed by atoms with Crippen molar-refractivity contribution in [2.24, 2.45) is 0 Å². The summed E-state index contributed by atoms with van der Waals surface area (Å²) in [5.74, 6) is 0.706. The molecule has 0 saturated carbocycles. The molecule has 0 fully saturated rings. The van der Waals surface area contributed by atoms with Crippen LogP contribution in [0, 0.1) is 0 Å². The van der Waals surface area contributed by atoms with E-state index in [2.05, 4.69) is 0 Å². The van der Waals surface area contributed by atoms with Crippen molar-refractivity contribution in [1.82, 2.24) is 0 Å². The second-order valence-electron chi connectivity index (χ2n) is 1.45. The van der Waals surface area contributed by atoms with Gasteiger partial charge in [-0.1, -0.05) is 0 Å². The zero-order valence-corrected chi connectivity index (χ0v) is 6.17. The number of rotatable bonds is 4. The number of unbranched alkanes of at least 4 members (excludes halogenated alkanes) is 2. The summed E-state index contributed by atoms with van der Waals surface area (Å²) in [7, 11) is 0. The molecule has 48 valence electrons. The van der Waals surface area contributed by atoms with Gasteiger partial charge < -0.3 is 0 Å². The largest absolute Gasteiger partial charge is 0.213 e.